The van der Waals surface area contributed by atoms with E-state index >= 15 is 0 Å². The number of rotatable bonds is 3. The van der Waals surface area contributed by atoms with Crippen molar-refractivity contribution < 1.29 is 14.7 Å². The minimum absolute atomic E-state index is 0.113. The number of nitrogens with zero attached hydrogens (tertiary/aromatic N) is 1. The molecule has 0 bridgehead atoms. The van der Waals surface area contributed by atoms with Gasteiger partial charge in [-0.15, -0.1) is 0 Å². The van der Waals surface area contributed by atoms with Crippen LogP contribution in [0.15, 0.2) is 42.6 Å². The lowest BCUT2D eigenvalue weighted by Crippen LogP contribution is -2.12. The molecule has 0 saturated carbocycles. The summed E-state index contributed by atoms with van der Waals surface area (Å²) < 4.78 is 0. The molecular weight excluding hydrogens is 254 g/mol. The van der Waals surface area contributed by atoms with Crippen LogP contribution in [0.2, 0.25) is 5.02 Å². The van der Waals surface area contributed by atoms with Crippen molar-refractivity contribution in [2.75, 3.05) is 0 Å². The summed E-state index contributed by atoms with van der Waals surface area (Å²) in [6.45, 7) is 0. The van der Waals surface area contributed by atoms with Gasteiger partial charge in [-0.25, -0.2) is 4.79 Å². The Kier molecular flexibility index (Phi) is 3.39. The number of hydrogen-bond acceptors (Lipinski definition) is 3. The van der Waals surface area contributed by atoms with E-state index < -0.39 is 11.8 Å². The molecule has 0 aliphatic heterocycles. The van der Waals surface area contributed by atoms with E-state index in [0.29, 0.717) is 0 Å². The molecule has 0 fully saturated rings. The number of halogens is 1. The van der Waals surface area contributed by atoms with Gasteiger partial charge in [-0.3, -0.25) is 9.78 Å². The van der Waals surface area contributed by atoms with Crippen molar-refractivity contribution in [1.82, 2.24) is 4.98 Å². The number of pyridine rings is 1. The fourth-order valence-electron chi connectivity index (χ4n) is 1.53. The third-order valence-electron chi connectivity index (χ3n) is 2.37. The fraction of sp³-hybridized carbons (Fsp3) is 0. The lowest BCUT2D eigenvalue weighted by atomic mass is 10.0. The van der Waals surface area contributed by atoms with E-state index in [0.717, 1.165) is 0 Å². The van der Waals surface area contributed by atoms with Gasteiger partial charge < -0.3 is 5.11 Å². The molecule has 5 heteroatoms. The molecular formula is C13H8ClNO3. The Morgan fingerprint density at radius 3 is 2.39 bits per heavy atom. The van der Waals surface area contributed by atoms with Crippen molar-refractivity contribution >= 4 is 23.4 Å². The Morgan fingerprint density at radius 2 is 1.72 bits per heavy atom. The highest BCUT2D eigenvalue weighted by atomic mass is 35.5. The number of carbonyl (C=O) groups excluding carboxylic acids is 1. The molecule has 18 heavy (non-hydrogen) atoms. The van der Waals surface area contributed by atoms with Crippen LogP contribution in [0.5, 0.6) is 0 Å². The maximum Gasteiger partial charge on any atom is 0.338 e. The molecule has 0 aliphatic rings. The van der Waals surface area contributed by atoms with Gasteiger partial charge >= 0.3 is 5.97 Å². The highest BCUT2D eigenvalue weighted by Gasteiger charge is 2.20. The Hall–Kier alpha value is -2.20. The topological polar surface area (TPSA) is 67.3 Å². The molecule has 0 unspecified atom stereocenters. The smallest absolute Gasteiger partial charge is 0.338 e. The first-order valence-electron chi connectivity index (χ1n) is 5.09. The van der Waals surface area contributed by atoms with Crippen LogP contribution >= 0.6 is 11.6 Å². The predicted molar refractivity (Wildman–Crippen MR) is 66.1 cm³/mol. The zero-order chi connectivity index (χ0) is 13.1. The minimum atomic E-state index is -1.20. The number of carbonyl (C=O) groups is 2. The molecule has 0 atom stereocenters. The van der Waals surface area contributed by atoms with E-state index in [1.54, 1.807) is 18.2 Å². The van der Waals surface area contributed by atoms with Crippen LogP contribution < -0.4 is 0 Å². The molecule has 1 aromatic heterocycles. The molecule has 2 rings (SSSR count). The average Bonchev–Trinajstić information content (AvgIpc) is 2.38. The summed E-state index contributed by atoms with van der Waals surface area (Å²) in [7, 11) is 0. The van der Waals surface area contributed by atoms with Crippen LogP contribution in [0.4, 0.5) is 0 Å². The van der Waals surface area contributed by atoms with Crippen LogP contribution in [-0.4, -0.2) is 21.8 Å². The number of aromatic carboxylic acids is 1. The number of ketones is 1. The van der Waals surface area contributed by atoms with Gasteiger partial charge in [0.25, 0.3) is 0 Å². The second-order valence-electron chi connectivity index (χ2n) is 3.51. The lowest BCUT2D eigenvalue weighted by Gasteiger charge is -2.05. The molecule has 1 heterocycles. The fourth-order valence-corrected chi connectivity index (χ4v) is 1.75. The Morgan fingerprint density at radius 1 is 1.06 bits per heavy atom. The van der Waals surface area contributed by atoms with E-state index in [-0.39, 0.29) is 21.8 Å². The van der Waals surface area contributed by atoms with Crippen LogP contribution in [0.3, 0.4) is 0 Å². The first-order chi connectivity index (χ1) is 8.61. The zero-order valence-electron chi connectivity index (χ0n) is 9.13. The van der Waals surface area contributed by atoms with Crippen molar-refractivity contribution in [3.05, 3.63) is 64.4 Å². The summed E-state index contributed by atoms with van der Waals surface area (Å²) in [4.78, 5) is 27.0. The summed E-state index contributed by atoms with van der Waals surface area (Å²) in [5.41, 5.74) is -0.0131. The van der Waals surface area contributed by atoms with Crippen LogP contribution in [0.1, 0.15) is 26.4 Å². The molecule has 0 radical (unpaired) electrons. The van der Waals surface area contributed by atoms with E-state index in [2.05, 4.69) is 4.98 Å². The summed E-state index contributed by atoms with van der Waals surface area (Å²) >= 11 is 5.90. The quantitative estimate of drug-likeness (QED) is 0.863. The number of benzene rings is 1. The summed E-state index contributed by atoms with van der Waals surface area (Å²) in [5.74, 6) is -1.70. The Labute approximate surface area is 108 Å². The Bertz CT molecular complexity index is 625. The van der Waals surface area contributed by atoms with Gasteiger partial charge in [-0.1, -0.05) is 23.7 Å². The van der Waals surface area contributed by atoms with Crippen molar-refractivity contribution in [1.29, 1.82) is 0 Å². The second-order valence-corrected chi connectivity index (χ2v) is 3.92. The monoisotopic (exact) mass is 261 g/mol. The normalized spacial score (nSPS) is 10.1. The lowest BCUT2D eigenvalue weighted by molar-refractivity contribution is 0.0692. The molecule has 1 N–H and O–H groups in total. The largest absolute Gasteiger partial charge is 0.478 e. The zero-order valence-corrected chi connectivity index (χ0v) is 9.89. The summed E-state index contributed by atoms with van der Waals surface area (Å²) in [5, 5.41) is 9.27. The van der Waals surface area contributed by atoms with Crippen LogP contribution in [-0.2, 0) is 0 Å². The molecule has 4 nitrogen and oxygen atoms in total. The van der Waals surface area contributed by atoms with Gasteiger partial charge in [0.1, 0.15) is 5.69 Å². The first-order valence-corrected chi connectivity index (χ1v) is 5.46. The SMILES string of the molecule is O=C(O)c1cccnc1C(=O)c1ccccc1Cl. The number of hydrogen-bond donors (Lipinski definition) is 1. The molecule has 0 amide bonds. The number of carboxylic acid groups (broad SMARTS) is 1. The van der Waals surface area contributed by atoms with Crippen molar-refractivity contribution in [2.45, 2.75) is 0 Å². The molecule has 90 valence electrons. The van der Waals surface area contributed by atoms with E-state index in [1.807, 2.05) is 0 Å². The van der Waals surface area contributed by atoms with Gasteiger partial charge in [0.2, 0.25) is 5.78 Å². The van der Waals surface area contributed by atoms with Crippen molar-refractivity contribution in [3.8, 4) is 0 Å². The maximum absolute atomic E-state index is 12.2. The van der Waals surface area contributed by atoms with E-state index in [4.69, 9.17) is 16.7 Å². The highest BCUT2D eigenvalue weighted by molar-refractivity contribution is 6.35. The van der Waals surface area contributed by atoms with Gasteiger partial charge in [0.05, 0.1) is 10.6 Å². The number of carboxylic acids is 1. The Balaban J connectivity index is 2.54. The number of aromatic nitrogens is 1. The molecule has 2 aromatic rings. The third-order valence-corrected chi connectivity index (χ3v) is 2.70. The second kappa shape index (κ2) is 4.98. The third kappa shape index (κ3) is 2.24. The van der Waals surface area contributed by atoms with E-state index in [9.17, 15) is 9.59 Å². The average molecular weight is 262 g/mol. The van der Waals surface area contributed by atoms with Crippen LogP contribution in [0.25, 0.3) is 0 Å². The van der Waals surface area contributed by atoms with E-state index in [1.165, 1.54) is 24.4 Å². The van der Waals surface area contributed by atoms with Crippen molar-refractivity contribution in [3.63, 3.8) is 0 Å². The van der Waals surface area contributed by atoms with Crippen LogP contribution in [0, 0.1) is 0 Å². The van der Waals surface area contributed by atoms with Crippen molar-refractivity contribution in [2.24, 2.45) is 0 Å². The summed E-state index contributed by atoms with van der Waals surface area (Å²) in [6.07, 6.45) is 1.37. The molecule has 0 aliphatic carbocycles. The van der Waals surface area contributed by atoms with Gasteiger partial charge in [-0.05, 0) is 24.3 Å². The predicted octanol–water partition coefficient (Wildman–Crippen LogP) is 2.66. The maximum atomic E-state index is 12.2. The molecule has 0 saturated heterocycles. The standard InChI is InChI=1S/C13H8ClNO3/c14-10-6-2-1-4-8(10)12(16)11-9(13(17)18)5-3-7-15-11/h1-7H,(H,17,18). The minimum Gasteiger partial charge on any atom is -0.478 e. The molecule has 1 aromatic carbocycles. The highest BCUT2D eigenvalue weighted by Crippen LogP contribution is 2.19. The first kappa shape index (κ1) is 12.3. The van der Waals surface area contributed by atoms with Gasteiger partial charge in [-0.2, -0.15) is 0 Å². The molecule has 0 spiro atoms. The van der Waals surface area contributed by atoms with Gasteiger partial charge in [0, 0.05) is 11.8 Å². The summed E-state index contributed by atoms with van der Waals surface area (Å²) in [6, 6.07) is 9.24. The van der Waals surface area contributed by atoms with Gasteiger partial charge in [0.15, 0.2) is 0 Å².